The number of fused-ring (bicyclic) bond motifs is 1. The van der Waals surface area contributed by atoms with E-state index >= 15 is 0 Å². The molecule has 0 aliphatic heterocycles. The first-order valence-electron chi connectivity index (χ1n) is 8.66. The standard InChI is InChI=1S/C20H22O4/c21-18-7-4-13-10-14(3-6-17(13)18)20-15(5-8-19(20)22)11-23-12-16-2-1-9-24-16/h1-3,6,9-10,15,18,20-21H,4-5,7-8,11-12H2. The summed E-state index contributed by atoms with van der Waals surface area (Å²) >= 11 is 0. The molecule has 0 spiro atoms. The number of rotatable bonds is 5. The van der Waals surface area contributed by atoms with E-state index in [1.54, 1.807) is 6.26 Å². The van der Waals surface area contributed by atoms with Crippen LogP contribution in [0.15, 0.2) is 41.0 Å². The van der Waals surface area contributed by atoms with Crippen LogP contribution in [0.4, 0.5) is 0 Å². The van der Waals surface area contributed by atoms with Gasteiger partial charge in [-0.05, 0) is 54.0 Å². The van der Waals surface area contributed by atoms with Crippen LogP contribution in [0.1, 0.15) is 53.7 Å². The minimum Gasteiger partial charge on any atom is -0.467 e. The molecule has 3 unspecified atom stereocenters. The third-order valence-electron chi connectivity index (χ3n) is 5.31. The van der Waals surface area contributed by atoms with E-state index in [9.17, 15) is 9.90 Å². The van der Waals surface area contributed by atoms with Crippen LogP contribution in [0.3, 0.4) is 0 Å². The quantitative estimate of drug-likeness (QED) is 0.913. The van der Waals surface area contributed by atoms with Gasteiger partial charge in [-0.3, -0.25) is 4.79 Å². The number of benzene rings is 1. The van der Waals surface area contributed by atoms with Crippen LogP contribution in [0.25, 0.3) is 0 Å². The topological polar surface area (TPSA) is 59.7 Å². The van der Waals surface area contributed by atoms with Crippen molar-refractivity contribution in [3.8, 4) is 0 Å². The molecule has 2 aliphatic carbocycles. The van der Waals surface area contributed by atoms with Gasteiger partial charge >= 0.3 is 0 Å². The third kappa shape index (κ3) is 2.92. The molecule has 1 aromatic carbocycles. The molecule has 1 saturated carbocycles. The summed E-state index contributed by atoms with van der Waals surface area (Å²) in [6.45, 7) is 1.01. The zero-order chi connectivity index (χ0) is 16.5. The monoisotopic (exact) mass is 326 g/mol. The van der Waals surface area contributed by atoms with Gasteiger partial charge in [-0.2, -0.15) is 0 Å². The molecule has 0 radical (unpaired) electrons. The Morgan fingerprint density at radius 3 is 2.96 bits per heavy atom. The minimum absolute atomic E-state index is 0.0790. The Morgan fingerprint density at radius 1 is 1.21 bits per heavy atom. The molecule has 0 saturated heterocycles. The number of furan rings is 1. The zero-order valence-corrected chi connectivity index (χ0v) is 13.6. The van der Waals surface area contributed by atoms with Crippen molar-refractivity contribution in [2.24, 2.45) is 5.92 Å². The number of aryl methyl sites for hydroxylation is 1. The molecule has 4 nitrogen and oxygen atoms in total. The summed E-state index contributed by atoms with van der Waals surface area (Å²) in [4.78, 5) is 12.4. The van der Waals surface area contributed by atoms with Crippen LogP contribution in [0.5, 0.6) is 0 Å². The van der Waals surface area contributed by atoms with Crippen molar-refractivity contribution < 1.29 is 19.1 Å². The molecule has 1 heterocycles. The third-order valence-corrected chi connectivity index (χ3v) is 5.31. The molecule has 2 aliphatic rings. The SMILES string of the molecule is O=C1CCC(COCc2ccco2)C1c1ccc2c(c1)CCC2O. The molecule has 0 bridgehead atoms. The van der Waals surface area contributed by atoms with Crippen molar-refractivity contribution in [3.63, 3.8) is 0 Å². The van der Waals surface area contributed by atoms with Crippen molar-refractivity contribution in [2.45, 2.75) is 44.3 Å². The molecule has 126 valence electrons. The lowest BCUT2D eigenvalue weighted by Crippen LogP contribution is -2.18. The smallest absolute Gasteiger partial charge is 0.140 e. The van der Waals surface area contributed by atoms with Crippen LogP contribution >= 0.6 is 0 Å². The second-order valence-electron chi connectivity index (χ2n) is 6.85. The number of ether oxygens (including phenoxy) is 1. The lowest BCUT2D eigenvalue weighted by Gasteiger charge is -2.19. The number of ketones is 1. The molecule has 4 heteroatoms. The molecule has 1 N–H and O–H groups in total. The van der Waals surface area contributed by atoms with E-state index in [4.69, 9.17) is 9.15 Å². The fourth-order valence-electron chi connectivity index (χ4n) is 4.06. The Kier molecular flexibility index (Phi) is 4.25. The lowest BCUT2D eigenvalue weighted by molar-refractivity contribution is -0.119. The van der Waals surface area contributed by atoms with Gasteiger partial charge in [0.15, 0.2) is 0 Å². The summed E-state index contributed by atoms with van der Waals surface area (Å²) in [5, 5.41) is 9.95. The first kappa shape index (κ1) is 15.6. The summed E-state index contributed by atoms with van der Waals surface area (Å²) in [5.74, 6) is 1.25. The first-order valence-corrected chi connectivity index (χ1v) is 8.66. The molecule has 24 heavy (non-hydrogen) atoms. The van der Waals surface area contributed by atoms with Gasteiger partial charge in [-0.15, -0.1) is 0 Å². The van der Waals surface area contributed by atoms with Crippen molar-refractivity contribution in [3.05, 3.63) is 59.0 Å². The number of hydrogen-bond donors (Lipinski definition) is 1. The van der Waals surface area contributed by atoms with Crippen molar-refractivity contribution in [2.75, 3.05) is 6.61 Å². The highest BCUT2D eigenvalue weighted by Gasteiger charge is 2.36. The van der Waals surface area contributed by atoms with Gasteiger partial charge in [0.25, 0.3) is 0 Å². The van der Waals surface area contributed by atoms with Crippen molar-refractivity contribution >= 4 is 5.78 Å². The Bertz CT molecular complexity index is 719. The van der Waals surface area contributed by atoms with E-state index in [0.29, 0.717) is 25.4 Å². The fraction of sp³-hybridized carbons (Fsp3) is 0.450. The Labute approximate surface area is 141 Å². The largest absolute Gasteiger partial charge is 0.467 e. The Balaban J connectivity index is 1.47. The molecule has 0 amide bonds. The number of Topliss-reactive ketones (excluding diaryl/α,β-unsaturated/α-hetero) is 1. The molecular formula is C20H22O4. The van der Waals surface area contributed by atoms with Gasteiger partial charge in [0.2, 0.25) is 0 Å². The van der Waals surface area contributed by atoms with E-state index in [0.717, 1.165) is 36.1 Å². The zero-order valence-electron chi connectivity index (χ0n) is 13.6. The van der Waals surface area contributed by atoms with E-state index in [1.807, 2.05) is 24.3 Å². The van der Waals surface area contributed by atoms with Gasteiger partial charge in [-0.25, -0.2) is 0 Å². The van der Waals surface area contributed by atoms with Crippen LogP contribution in [0, 0.1) is 5.92 Å². The highest BCUT2D eigenvalue weighted by molar-refractivity contribution is 5.88. The maximum atomic E-state index is 12.4. The maximum Gasteiger partial charge on any atom is 0.140 e. The molecule has 2 aromatic rings. The predicted octanol–water partition coefficient (Wildman–Crippen LogP) is 3.54. The van der Waals surface area contributed by atoms with E-state index in [1.165, 1.54) is 5.56 Å². The first-order chi connectivity index (χ1) is 11.7. The maximum absolute atomic E-state index is 12.4. The summed E-state index contributed by atoms with van der Waals surface area (Å²) < 4.78 is 11.1. The van der Waals surface area contributed by atoms with Gasteiger partial charge < -0.3 is 14.3 Å². The summed E-state index contributed by atoms with van der Waals surface area (Å²) in [5.41, 5.74) is 3.29. The van der Waals surface area contributed by atoms with Gasteiger partial charge in [0, 0.05) is 12.3 Å². The highest BCUT2D eigenvalue weighted by Crippen LogP contribution is 2.40. The molecular weight excluding hydrogens is 304 g/mol. The fourth-order valence-corrected chi connectivity index (χ4v) is 4.06. The van der Waals surface area contributed by atoms with Gasteiger partial charge in [0.1, 0.15) is 18.2 Å². The minimum atomic E-state index is -0.347. The van der Waals surface area contributed by atoms with Crippen molar-refractivity contribution in [1.82, 2.24) is 0 Å². The molecule has 3 atom stereocenters. The second kappa shape index (κ2) is 6.54. The average Bonchev–Trinajstić information content (AvgIpc) is 3.30. The van der Waals surface area contributed by atoms with Gasteiger partial charge in [-0.1, -0.05) is 18.2 Å². The number of aliphatic hydroxyl groups excluding tert-OH is 1. The predicted molar refractivity (Wildman–Crippen MR) is 88.6 cm³/mol. The number of hydrogen-bond acceptors (Lipinski definition) is 4. The van der Waals surface area contributed by atoms with Crippen LogP contribution in [-0.4, -0.2) is 17.5 Å². The van der Waals surface area contributed by atoms with Crippen LogP contribution < -0.4 is 0 Å². The summed E-state index contributed by atoms with van der Waals surface area (Å²) in [7, 11) is 0. The van der Waals surface area contributed by atoms with Crippen LogP contribution in [0.2, 0.25) is 0 Å². The number of carbonyl (C=O) groups is 1. The second-order valence-corrected chi connectivity index (χ2v) is 6.85. The summed E-state index contributed by atoms with van der Waals surface area (Å²) in [6.07, 6.45) is 4.47. The Morgan fingerprint density at radius 2 is 2.12 bits per heavy atom. The molecule has 4 rings (SSSR count). The average molecular weight is 326 g/mol. The number of carbonyl (C=O) groups excluding carboxylic acids is 1. The van der Waals surface area contributed by atoms with Crippen LogP contribution in [-0.2, 0) is 22.6 Å². The molecule has 1 aromatic heterocycles. The van der Waals surface area contributed by atoms with E-state index < -0.39 is 0 Å². The van der Waals surface area contributed by atoms with Gasteiger partial charge in [0.05, 0.1) is 19.0 Å². The Hall–Kier alpha value is -1.91. The van der Waals surface area contributed by atoms with E-state index in [-0.39, 0.29) is 17.9 Å². The normalized spacial score (nSPS) is 26.0. The lowest BCUT2D eigenvalue weighted by atomic mass is 9.87. The van der Waals surface area contributed by atoms with Crippen molar-refractivity contribution in [1.29, 1.82) is 0 Å². The summed E-state index contributed by atoms with van der Waals surface area (Å²) in [6, 6.07) is 9.87. The highest BCUT2D eigenvalue weighted by atomic mass is 16.5. The number of aliphatic hydroxyl groups is 1. The molecule has 1 fully saturated rings. The van der Waals surface area contributed by atoms with E-state index in [2.05, 4.69) is 6.07 Å².